The third-order valence-electron chi connectivity index (χ3n) is 5.47. The first-order chi connectivity index (χ1) is 13.0. The molecule has 0 saturated carbocycles. The number of rotatable bonds is 4. The van der Waals surface area contributed by atoms with E-state index in [1.807, 2.05) is 6.20 Å². The molecule has 0 unspecified atom stereocenters. The van der Waals surface area contributed by atoms with Gasteiger partial charge in [0.15, 0.2) is 0 Å². The molecule has 5 rings (SSSR count). The van der Waals surface area contributed by atoms with Crippen LogP contribution in [0.1, 0.15) is 24.4 Å². The van der Waals surface area contributed by atoms with Gasteiger partial charge < -0.3 is 9.64 Å². The van der Waals surface area contributed by atoms with Crippen LogP contribution in [-0.2, 0) is 21.2 Å². The Hall–Kier alpha value is -2.39. The van der Waals surface area contributed by atoms with E-state index in [0.717, 1.165) is 36.4 Å². The molecular formula is C18H20N4O4S. The number of carbonyl (C=O) groups excluding carboxylic acids is 1. The zero-order valence-electron chi connectivity index (χ0n) is 14.7. The third-order valence-corrected chi connectivity index (χ3v) is 7.30. The summed E-state index contributed by atoms with van der Waals surface area (Å²) in [5.41, 5.74) is 1.73. The van der Waals surface area contributed by atoms with Crippen molar-refractivity contribution in [2.75, 3.05) is 31.1 Å². The van der Waals surface area contributed by atoms with Crippen LogP contribution in [0.3, 0.4) is 0 Å². The number of fused-ring (bicyclic) bond motifs is 1. The van der Waals surface area contributed by atoms with E-state index in [4.69, 9.17) is 4.74 Å². The van der Waals surface area contributed by atoms with Crippen molar-refractivity contribution in [1.29, 1.82) is 0 Å². The predicted octanol–water partition coefficient (Wildman–Crippen LogP) is 1.19. The van der Waals surface area contributed by atoms with Crippen molar-refractivity contribution < 1.29 is 17.9 Å². The predicted molar refractivity (Wildman–Crippen MR) is 97.3 cm³/mol. The quantitative estimate of drug-likeness (QED) is 0.786. The molecule has 0 radical (unpaired) electrons. The van der Waals surface area contributed by atoms with Gasteiger partial charge in [-0.3, -0.25) is 9.48 Å². The summed E-state index contributed by atoms with van der Waals surface area (Å²) in [7, 11) is -3.51. The Kier molecular flexibility index (Phi) is 3.76. The lowest BCUT2D eigenvalue weighted by Gasteiger charge is -2.38. The first-order valence-electron chi connectivity index (χ1n) is 9.13. The van der Waals surface area contributed by atoms with Crippen LogP contribution in [0.15, 0.2) is 35.5 Å². The van der Waals surface area contributed by atoms with Gasteiger partial charge in [0.25, 0.3) is 0 Å². The average molecular weight is 388 g/mol. The summed E-state index contributed by atoms with van der Waals surface area (Å²) in [5.74, 6) is 0.893. The number of hydrogen-bond donors (Lipinski definition) is 0. The first kappa shape index (κ1) is 16.8. The summed E-state index contributed by atoms with van der Waals surface area (Å²) in [5, 5.41) is 4.34. The molecular weight excluding hydrogens is 368 g/mol. The molecule has 0 bridgehead atoms. The van der Waals surface area contributed by atoms with E-state index in [2.05, 4.69) is 5.10 Å². The molecule has 0 atom stereocenters. The topological polar surface area (TPSA) is 84.7 Å². The summed E-state index contributed by atoms with van der Waals surface area (Å²) in [6.07, 6.45) is 5.70. The van der Waals surface area contributed by atoms with Crippen LogP contribution >= 0.6 is 0 Å². The summed E-state index contributed by atoms with van der Waals surface area (Å²) in [6, 6.07) is 5.05. The number of nitrogens with zero attached hydrogens (tertiary/aromatic N) is 4. The van der Waals surface area contributed by atoms with Gasteiger partial charge >= 0.3 is 0 Å². The molecule has 2 fully saturated rings. The highest BCUT2D eigenvalue weighted by Crippen LogP contribution is 2.33. The van der Waals surface area contributed by atoms with Crippen LogP contribution in [0, 0.1) is 0 Å². The van der Waals surface area contributed by atoms with Crippen LogP contribution in [-0.4, -0.2) is 54.7 Å². The number of ether oxygens (including phenoxy) is 1. The van der Waals surface area contributed by atoms with Crippen molar-refractivity contribution >= 4 is 21.6 Å². The van der Waals surface area contributed by atoms with Gasteiger partial charge in [-0.25, -0.2) is 8.42 Å². The highest BCUT2D eigenvalue weighted by atomic mass is 32.2. The van der Waals surface area contributed by atoms with Crippen LogP contribution in [0.2, 0.25) is 0 Å². The van der Waals surface area contributed by atoms with Gasteiger partial charge in [-0.2, -0.15) is 9.40 Å². The first-order valence-corrected chi connectivity index (χ1v) is 10.6. The molecule has 8 nitrogen and oxygen atoms in total. The number of sulfonamides is 1. The molecule has 9 heteroatoms. The summed E-state index contributed by atoms with van der Waals surface area (Å²) in [6.45, 7) is 2.08. The maximum atomic E-state index is 12.9. The monoisotopic (exact) mass is 388 g/mol. The molecule has 0 N–H and O–H groups in total. The highest BCUT2D eigenvalue weighted by molar-refractivity contribution is 7.89. The van der Waals surface area contributed by atoms with E-state index in [1.54, 1.807) is 34.0 Å². The Morgan fingerprint density at radius 1 is 1.19 bits per heavy atom. The molecule has 3 aliphatic rings. The lowest BCUT2D eigenvalue weighted by Crippen LogP contribution is -2.50. The van der Waals surface area contributed by atoms with Crippen LogP contribution in [0.25, 0.3) is 0 Å². The van der Waals surface area contributed by atoms with Crippen molar-refractivity contribution in [3.8, 4) is 5.75 Å². The SMILES string of the molecule is O=C1CCCN1c1cnn(C2CN(S(=O)(=O)c3ccc4c(c3)CCO4)C2)c1. The molecule has 4 heterocycles. The molecule has 0 spiro atoms. The van der Waals surface area contributed by atoms with Crippen molar-refractivity contribution in [3.05, 3.63) is 36.2 Å². The average Bonchev–Trinajstić information content (AvgIpc) is 3.32. The molecule has 2 saturated heterocycles. The van der Waals surface area contributed by atoms with E-state index in [-0.39, 0.29) is 11.9 Å². The van der Waals surface area contributed by atoms with E-state index < -0.39 is 10.0 Å². The minimum Gasteiger partial charge on any atom is -0.493 e. The van der Waals surface area contributed by atoms with Crippen molar-refractivity contribution in [3.63, 3.8) is 0 Å². The molecule has 1 aromatic heterocycles. The largest absolute Gasteiger partial charge is 0.493 e. The lowest BCUT2D eigenvalue weighted by atomic mass is 10.2. The maximum absolute atomic E-state index is 12.9. The number of hydrogen-bond acceptors (Lipinski definition) is 5. The Balaban J connectivity index is 1.29. The normalized spacial score (nSPS) is 20.6. The van der Waals surface area contributed by atoms with Crippen LogP contribution < -0.4 is 9.64 Å². The molecule has 0 aliphatic carbocycles. The molecule has 2 aromatic rings. The second-order valence-electron chi connectivity index (χ2n) is 7.17. The molecule has 1 amide bonds. The molecule has 142 valence electrons. The second-order valence-corrected chi connectivity index (χ2v) is 9.11. The van der Waals surface area contributed by atoms with Gasteiger partial charge in [0, 0.05) is 38.7 Å². The Morgan fingerprint density at radius 3 is 2.81 bits per heavy atom. The fraction of sp³-hybridized carbons (Fsp3) is 0.444. The standard InChI is InChI=1S/C18H20N4O4S/c23-18-2-1-6-21(18)14-9-19-22(12-14)15-10-20(11-15)27(24,25)16-3-4-17-13(8-16)5-7-26-17/h3-4,8-9,12,15H,1-2,5-7,10-11H2. The van der Waals surface area contributed by atoms with Gasteiger partial charge in [-0.05, 0) is 30.2 Å². The summed E-state index contributed by atoms with van der Waals surface area (Å²) >= 11 is 0. The zero-order chi connectivity index (χ0) is 18.6. The van der Waals surface area contributed by atoms with Crippen molar-refractivity contribution in [2.24, 2.45) is 0 Å². The van der Waals surface area contributed by atoms with Crippen LogP contribution in [0.4, 0.5) is 5.69 Å². The van der Waals surface area contributed by atoms with Gasteiger partial charge in [-0.15, -0.1) is 0 Å². The minimum absolute atomic E-state index is 0.0102. The third kappa shape index (κ3) is 2.72. The molecule has 3 aliphatic heterocycles. The number of carbonyl (C=O) groups is 1. The number of amides is 1. The fourth-order valence-electron chi connectivity index (χ4n) is 3.84. The Labute approximate surface area is 157 Å². The number of benzene rings is 1. The van der Waals surface area contributed by atoms with Crippen LogP contribution in [0.5, 0.6) is 5.75 Å². The molecule has 1 aromatic carbocycles. The maximum Gasteiger partial charge on any atom is 0.243 e. The van der Waals surface area contributed by atoms with E-state index in [0.29, 0.717) is 31.0 Å². The number of aromatic nitrogens is 2. The smallest absolute Gasteiger partial charge is 0.243 e. The van der Waals surface area contributed by atoms with Gasteiger partial charge in [-0.1, -0.05) is 0 Å². The zero-order valence-corrected chi connectivity index (χ0v) is 15.6. The van der Waals surface area contributed by atoms with E-state index in [9.17, 15) is 13.2 Å². The Bertz CT molecular complexity index is 1010. The molecule has 27 heavy (non-hydrogen) atoms. The number of anilines is 1. The fourth-order valence-corrected chi connectivity index (χ4v) is 5.41. The van der Waals surface area contributed by atoms with Crippen molar-refractivity contribution in [2.45, 2.75) is 30.2 Å². The van der Waals surface area contributed by atoms with Gasteiger partial charge in [0.2, 0.25) is 15.9 Å². The highest BCUT2D eigenvalue weighted by Gasteiger charge is 2.39. The lowest BCUT2D eigenvalue weighted by molar-refractivity contribution is -0.117. The van der Waals surface area contributed by atoms with Gasteiger partial charge in [0.1, 0.15) is 5.75 Å². The second kappa shape index (κ2) is 6.07. The van der Waals surface area contributed by atoms with Crippen molar-refractivity contribution in [1.82, 2.24) is 14.1 Å². The summed E-state index contributed by atoms with van der Waals surface area (Å²) in [4.78, 5) is 13.9. The Morgan fingerprint density at radius 2 is 2.04 bits per heavy atom. The van der Waals surface area contributed by atoms with E-state index >= 15 is 0 Å². The minimum atomic E-state index is -3.51. The van der Waals surface area contributed by atoms with Gasteiger partial charge in [0.05, 0.1) is 29.4 Å². The summed E-state index contributed by atoms with van der Waals surface area (Å²) < 4.78 is 34.4. The van der Waals surface area contributed by atoms with E-state index in [1.165, 1.54) is 4.31 Å².